The molecule has 0 amide bonds. The zero-order chi connectivity index (χ0) is 31.7. The van der Waals surface area contributed by atoms with E-state index in [2.05, 4.69) is 81.6 Å². The Morgan fingerprint density at radius 3 is 2.02 bits per heavy atom. The summed E-state index contributed by atoms with van der Waals surface area (Å²) in [4.78, 5) is 14.4. The van der Waals surface area contributed by atoms with Gasteiger partial charge < -0.3 is 23.8 Å². The zero-order valence-electron chi connectivity index (χ0n) is 29.0. The van der Waals surface area contributed by atoms with Crippen LogP contribution in [0.4, 0.5) is 0 Å². The van der Waals surface area contributed by atoms with Crippen molar-refractivity contribution in [3.63, 3.8) is 0 Å². The number of aliphatic hydroxyl groups excluding tert-OH is 1. The van der Waals surface area contributed by atoms with E-state index in [9.17, 15) is 15.0 Å². The fourth-order valence-corrected chi connectivity index (χ4v) is 12.7. The lowest BCUT2D eigenvalue weighted by molar-refractivity contribution is -0.227. The van der Waals surface area contributed by atoms with E-state index in [-0.39, 0.29) is 44.6 Å². The Bertz CT molecular complexity index is 1090. The van der Waals surface area contributed by atoms with Crippen molar-refractivity contribution in [1.82, 2.24) is 0 Å². The number of methoxy groups -OCH3 is 1. The number of Topliss-reactive ketones (excluding diaryl/α,β-unsaturated/α-hetero) is 1. The van der Waals surface area contributed by atoms with Crippen LogP contribution in [0.1, 0.15) is 93.9 Å². The van der Waals surface area contributed by atoms with Gasteiger partial charge in [0.1, 0.15) is 11.7 Å². The number of ether oxygens (including phenoxy) is 1. The van der Waals surface area contributed by atoms with Gasteiger partial charge in [0.25, 0.3) is 0 Å². The second-order valence-corrected chi connectivity index (χ2v) is 28.2. The first-order chi connectivity index (χ1) is 19.0. The number of rotatable bonds is 7. The summed E-state index contributed by atoms with van der Waals surface area (Å²) in [6, 6.07) is 0. The first kappa shape index (κ1) is 33.3. The fourth-order valence-electron chi connectivity index (χ4n) is 10.3. The molecule has 0 unspecified atom stereocenters. The zero-order valence-corrected chi connectivity index (χ0v) is 31.0. The number of aliphatic hydroxyl groups is 2. The van der Waals surface area contributed by atoms with Crippen molar-refractivity contribution in [2.45, 2.75) is 154 Å². The minimum atomic E-state index is -2.32. The molecule has 0 aromatic rings. The molecule has 5 aliphatic rings. The highest BCUT2D eigenvalue weighted by atomic mass is 28.4. The molecule has 1 spiro atoms. The van der Waals surface area contributed by atoms with Gasteiger partial charge in [-0.05, 0) is 92.0 Å². The average Bonchev–Trinajstić information content (AvgIpc) is 3.47. The Kier molecular flexibility index (Phi) is 7.69. The first-order valence-corrected chi connectivity index (χ1v) is 22.6. The number of carbonyl (C=O) groups is 1. The van der Waals surface area contributed by atoms with E-state index in [0.717, 1.165) is 12.8 Å². The predicted molar refractivity (Wildman–Crippen MR) is 172 cm³/mol. The lowest BCUT2D eigenvalue weighted by Crippen LogP contribution is -2.67. The maximum Gasteiger partial charge on any atom is 0.193 e. The summed E-state index contributed by atoms with van der Waals surface area (Å²) >= 11 is 0. The van der Waals surface area contributed by atoms with E-state index in [1.165, 1.54) is 12.8 Å². The Morgan fingerprint density at radius 2 is 1.50 bits per heavy atom. The first-order valence-electron chi connectivity index (χ1n) is 16.8. The number of hydrogen-bond acceptors (Lipinski definition) is 6. The molecule has 0 heterocycles. The summed E-state index contributed by atoms with van der Waals surface area (Å²) in [6.45, 7) is 27.2. The molecule has 11 atom stereocenters. The summed E-state index contributed by atoms with van der Waals surface area (Å²) in [6.07, 6.45) is 4.25. The van der Waals surface area contributed by atoms with E-state index in [1.807, 2.05) is 7.11 Å². The van der Waals surface area contributed by atoms with Crippen molar-refractivity contribution in [1.29, 1.82) is 0 Å². The van der Waals surface area contributed by atoms with Crippen molar-refractivity contribution < 1.29 is 28.6 Å². The lowest BCUT2D eigenvalue weighted by Gasteiger charge is -2.63. The molecule has 0 aliphatic heterocycles. The summed E-state index contributed by atoms with van der Waals surface area (Å²) < 4.78 is 20.2. The summed E-state index contributed by atoms with van der Waals surface area (Å²) in [5.74, 6) is -0.174. The molecular formula is C34H62O6Si2. The van der Waals surface area contributed by atoms with Crippen LogP contribution < -0.4 is 0 Å². The van der Waals surface area contributed by atoms with Gasteiger partial charge in [-0.15, -0.1) is 0 Å². The molecule has 5 aliphatic carbocycles. The molecule has 6 nitrogen and oxygen atoms in total. The highest BCUT2D eigenvalue weighted by molar-refractivity contribution is 6.74. The largest absolute Gasteiger partial charge is 0.414 e. The van der Waals surface area contributed by atoms with Crippen molar-refractivity contribution in [2.75, 3.05) is 13.7 Å². The summed E-state index contributed by atoms with van der Waals surface area (Å²) in [7, 11) is -2.65. The van der Waals surface area contributed by atoms with E-state index in [1.54, 1.807) is 0 Å². The van der Waals surface area contributed by atoms with Crippen LogP contribution >= 0.6 is 0 Å². The molecule has 0 radical (unpaired) electrons. The van der Waals surface area contributed by atoms with Gasteiger partial charge in [0, 0.05) is 29.8 Å². The molecule has 42 heavy (non-hydrogen) atoms. The third-order valence-corrected chi connectivity index (χ3v) is 24.0. The monoisotopic (exact) mass is 622 g/mol. The van der Waals surface area contributed by atoms with Crippen LogP contribution in [0.25, 0.3) is 0 Å². The molecule has 2 N–H and O–H groups in total. The second kappa shape index (κ2) is 9.71. The second-order valence-electron chi connectivity index (χ2n) is 18.6. The normalized spacial score (nSPS) is 46.1. The fraction of sp³-hybridized carbons (Fsp3) is 0.971. The molecule has 8 heteroatoms. The molecule has 5 rings (SSSR count). The van der Waals surface area contributed by atoms with Crippen LogP contribution in [-0.4, -0.2) is 70.3 Å². The highest BCUT2D eigenvalue weighted by Gasteiger charge is 2.82. The van der Waals surface area contributed by atoms with Crippen LogP contribution in [0.15, 0.2) is 0 Å². The summed E-state index contributed by atoms with van der Waals surface area (Å²) in [5.41, 5.74) is -2.17. The Hall–Kier alpha value is -0.0962. The van der Waals surface area contributed by atoms with Crippen molar-refractivity contribution in [2.24, 2.45) is 39.9 Å². The molecular weight excluding hydrogens is 561 g/mol. The van der Waals surface area contributed by atoms with Crippen LogP contribution in [0, 0.1) is 39.9 Å². The third kappa shape index (κ3) is 4.20. The molecule has 5 fully saturated rings. The minimum Gasteiger partial charge on any atom is -0.414 e. The maximum absolute atomic E-state index is 14.4. The molecule has 242 valence electrons. The maximum atomic E-state index is 14.4. The van der Waals surface area contributed by atoms with Gasteiger partial charge in [0.05, 0.1) is 18.8 Å². The van der Waals surface area contributed by atoms with Crippen LogP contribution in [0.2, 0.25) is 36.3 Å². The van der Waals surface area contributed by atoms with Crippen LogP contribution in [0.5, 0.6) is 0 Å². The number of carbonyl (C=O) groups excluding carboxylic acids is 1. The van der Waals surface area contributed by atoms with Crippen molar-refractivity contribution >= 4 is 22.4 Å². The number of ketones is 1. The number of hydrogen-bond donors (Lipinski definition) is 2. The Balaban J connectivity index is 1.55. The molecule has 5 saturated carbocycles. The van der Waals surface area contributed by atoms with E-state index < -0.39 is 45.8 Å². The van der Waals surface area contributed by atoms with E-state index in [0.29, 0.717) is 25.4 Å². The average molecular weight is 623 g/mol. The van der Waals surface area contributed by atoms with Gasteiger partial charge >= 0.3 is 0 Å². The summed E-state index contributed by atoms with van der Waals surface area (Å²) in [5, 5.41) is 24.9. The molecule has 0 saturated heterocycles. The highest BCUT2D eigenvalue weighted by Crippen LogP contribution is 2.82. The molecule has 0 bridgehead atoms. The standard InChI is InChI=1S/C34H62O6Si2/c1-29(2,3)41(10,11)39-20-24(40-42(12,13)30(4,5)6)26-27(35)28(36)34(37)23-18-25(38-9)33-19-21(33)14-16-31(33,7)22(23)15-17-32(26,34)8/h21-27,35,37H,14-20H2,1-13H3/t21-,22+,23-,24-,25-,26-,27-,31-,32-,33+,34-/m1/s1. The van der Waals surface area contributed by atoms with E-state index in [4.69, 9.17) is 13.6 Å². The minimum absolute atomic E-state index is 0.0198. The molecule has 0 aromatic heterocycles. The number of fused-ring (bicyclic) bond motifs is 4. The smallest absolute Gasteiger partial charge is 0.193 e. The third-order valence-electron chi connectivity index (χ3n) is 15.0. The quantitative estimate of drug-likeness (QED) is 0.299. The van der Waals surface area contributed by atoms with Crippen molar-refractivity contribution in [3.05, 3.63) is 0 Å². The topological polar surface area (TPSA) is 85.2 Å². The van der Waals surface area contributed by atoms with Gasteiger partial charge in [-0.2, -0.15) is 0 Å². The van der Waals surface area contributed by atoms with E-state index >= 15 is 0 Å². The van der Waals surface area contributed by atoms with Crippen LogP contribution in [0.3, 0.4) is 0 Å². The lowest BCUT2D eigenvalue weighted by atomic mass is 9.44. The van der Waals surface area contributed by atoms with Gasteiger partial charge in [-0.3, -0.25) is 4.79 Å². The van der Waals surface area contributed by atoms with Gasteiger partial charge in [0.15, 0.2) is 22.4 Å². The Labute approximate surface area is 258 Å². The van der Waals surface area contributed by atoms with Gasteiger partial charge in [-0.1, -0.05) is 55.4 Å². The Morgan fingerprint density at radius 1 is 0.929 bits per heavy atom. The molecule has 0 aromatic carbocycles. The predicted octanol–water partition coefficient (Wildman–Crippen LogP) is 6.95. The van der Waals surface area contributed by atoms with Crippen molar-refractivity contribution in [3.8, 4) is 0 Å². The van der Waals surface area contributed by atoms with Crippen LogP contribution in [-0.2, 0) is 18.4 Å². The van der Waals surface area contributed by atoms with Gasteiger partial charge in [0.2, 0.25) is 0 Å². The van der Waals surface area contributed by atoms with Gasteiger partial charge in [-0.25, -0.2) is 0 Å². The SMILES string of the molecule is CO[C@@H]1C[C@@H]2[C@H](CC[C@]3(C)[C@H]([C@@H](CO[Si](C)(C)C(C)(C)C)O[Si](C)(C)C(C)(C)C)[C@@H](O)C(=O)[C@]23O)[C@@]2(C)CC[C@@H]3C[C@]312.